The van der Waals surface area contributed by atoms with Crippen molar-refractivity contribution in [3.05, 3.63) is 41.5 Å². The fourth-order valence-corrected chi connectivity index (χ4v) is 3.84. The molecule has 1 saturated heterocycles. The normalized spacial score (nSPS) is 16.5. The lowest BCUT2D eigenvalue weighted by molar-refractivity contribution is 0.190. The number of anilines is 1. The second-order valence-electron chi connectivity index (χ2n) is 7.53. The van der Waals surface area contributed by atoms with Crippen molar-refractivity contribution in [3.63, 3.8) is 0 Å². The molecule has 2 aromatic heterocycles. The van der Waals surface area contributed by atoms with Crippen LogP contribution in [0.2, 0.25) is 0 Å². The van der Waals surface area contributed by atoms with Crippen LogP contribution in [0.4, 0.5) is 5.95 Å². The monoisotopic (exact) mass is 353 g/mol. The Kier molecular flexibility index (Phi) is 4.44. The SMILES string of the molecule is Cc1cccc2nc(C3CCN(Cc4cnc(N(C)C)n4C)CC3)oc12. The van der Waals surface area contributed by atoms with Crippen molar-refractivity contribution in [1.82, 2.24) is 19.4 Å². The lowest BCUT2D eigenvalue weighted by Crippen LogP contribution is -2.33. The number of nitrogens with zero attached hydrogens (tertiary/aromatic N) is 5. The maximum Gasteiger partial charge on any atom is 0.204 e. The van der Waals surface area contributed by atoms with Gasteiger partial charge in [0.2, 0.25) is 5.95 Å². The van der Waals surface area contributed by atoms with E-state index in [1.165, 1.54) is 5.69 Å². The smallest absolute Gasteiger partial charge is 0.204 e. The van der Waals surface area contributed by atoms with Crippen LogP contribution >= 0.6 is 0 Å². The Bertz CT molecular complexity index is 902. The van der Waals surface area contributed by atoms with Gasteiger partial charge in [0.15, 0.2) is 11.5 Å². The lowest BCUT2D eigenvalue weighted by atomic mass is 9.97. The molecule has 0 saturated carbocycles. The number of likely N-dealkylation sites (tertiary alicyclic amines) is 1. The van der Waals surface area contributed by atoms with Crippen LogP contribution in [-0.4, -0.2) is 46.6 Å². The van der Waals surface area contributed by atoms with Gasteiger partial charge in [0, 0.05) is 33.6 Å². The largest absolute Gasteiger partial charge is 0.440 e. The number of benzene rings is 1. The molecule has 4 rings (SSSR count). The fraction of sp³-hybridized carbons (Fsp3) is 0.500. The Hall–Kier alpha value is -2.34. The molecular weight excluding hydrogens is 326 g/mol. The summed E-state index contributed by atoms with van der Waals surface area (Å²) in [6.07, 6.45) is 4.17. The highest BCUT2D eigenvalue weighted by atomic mass is 16.3. The molecule has 138 valence electrons. The van der Waals surface area contributed by atoms with Crippen LogP contribution in [0.1, 0.15) is 35.9 Å². The number of rotatable bonds is 4. The van der Waals surface area contributed by atoms with Crippen LogP contribution < -0.4 is 4.90 Å². The van der Waals surface area contributed by atoms with Gasteiger partial charge in [-0.25, -0.2) is 9.97 Å². The summed E-state index contributed by atoms with van der Waals surface area (Å²) in [6, 6.07) is 6.16. The van der Waals surface area contributed by atoms with Gasteiger partial charge in [-0.05, 0) is 44.5 Å². The van der Waals surface area contributed by atoms with Crippen LogP contribution in [0.25, 0.3) is 11.1 Å². The third-order valence-electron chi connectivity index (χ3n) is 5.41. The van der Waals surface area contributed by atoms with Gasteiger partial charge in [0.1, 0.15) is 5.52 Å². The maximum absolute atomic E-state index is 6.09. The van der Waals surface area contributed by atoms with Crippen molar-refractivity contribution in [2.75, 3.05) is 32.1 Å². The lowest BCUT2D eigenvalue weighted by Gasteiger charge is -2.30. The van der Waals surface area contributed by atoms with E-state index in [0.29, 0.717) is 5.92 Å². The van der Waals surface area contributed by atoms with Crippen molar-refractivity contribution in [2.45, 2.75) is 32.2 Å². The van der Waals surface area contributed by atoms with Crippen LogP contribution in [0.3, 0.4) is 0 Å². The molecule has 6 nitrogen and oxygen atoms in total. The Balaban J connectivity index is 1.41. The first-order valence-electron chi connectivity index (χ1n) is 9.29. The quantitative estimate of drug-likeness (QED) is 0.720. The van der Waals surface area contributed by atoms with Gasteiger partial charge in [-0.15, -0.1) is 0 Å². The van der Waals surface area contributed by atoms with E-state index in [0.717, 1.165) is 61.0 Å². The molecule has 1 aliphatic heterocycles. The van der Waals surface area contributed by atoms with Crippen LogP contribution in [0.15, 0.2) is 28.8 Å². The molecule has 1 aromatic carbocycles. The van der Waals surface area contributed by atoms with Gasteiger partial charge in [-0.3, -0.25) is 4.90 Å². The highest BCUT2D eigenvalue weighted by Gasteiger charge is 2.25. The molecule has 0 bridgehead atoms. The predicted octanol–water partition coefficient (Wildman–Crippen LogP) is 3.32. The first kappa shape index (κ1) is 17.1. The maximum atomic E-state index is 6.09. The van der Waals surface area contributed by atoms with Gasteiger partial charge in [-0.1, -0.05) is 12.1 Å². The Labute approximate surface area is 154 Å². The zero-order valence-corrected chi connectivity index (χ0v) is 16.1. The van der Waals surface area contributed by atoms with E-state index >= 15 is 0 Å². The highest BCUT2D eigenvalue weighted by molar-refractivity contribution is 5.76. The summed E-state index contributed by atoms with van der Waals surface area (Å²) in [4.78, 5) is 13.8. The topological polar surface area (TPSA) is 50.3 Å². The van der Waals surface area contributed by atoms with Crippen LogP contribution in [0, 0.1) is 6.92 Å². The van der Waals surface area contributed by atoms with E-state index in [4.69, 9.17) is 9.40 Å². The molecule has 0 amide bonds. The minimum atomic E-state index is 0.418. The molecule has 0 radical (unpaired) electrons. The molecular formula is C20H27N5O. The van der Waals surface area contributed by atoms with Gasteiger partial charge in [-0.2, -0.15) is 0 Å². The highest BCUT2D eigenvalue weighted by Crippen LogP contribution is 2.31. The predicted molar refractivity (Wildman–Crippen MR) is 104 cm³/mol. The van der Waals surface area contributed by atoms with E-state index in [9.17, 15) is 0 Å². The molecule has 1 fully saturated rings. The number of fused-ring (bicyclic) bond motifs is 1. The summed E-state index contributed by atoms with van der Waals surface area (Å²) >= 11 is 0. The summed E-state index contributed by atoms with van der Waals surface area (Å²) in [6.45, 7) is 5.14. The molecule has 0 N–H and O–H groups in total. The van der Waals surface area contributed by atoms with E-state index < -0.39 is 0 Å². The average molecular weight is 353 g/mol. The van der Waals surface area contributed by atoms with Gasteiger partial charge >= 0.3 is 0 Å². The van der Waals surface area contributed by atoms with Gasteiger partial charge in [0.25, 0.3) is 0 Å². The second kappa shape index (κ2) is 6.76. The fourth-order valence-electron chi connectivity index (χ4n) is 3.84. The van der Waals surface area contributed by atoms with Crippen LogP contribution in [0.5, 0.6) is 0 Å². The number of para-hydroxylation sites is 1. The number of imidazole rings is 1. The van der Waals surface area contributed by atoms with Crippen molar-refractivity contribution in [1.29, 1.82) is 0 Å². The third-order valence-corrected chi connectivity index (χ3v) is 5.41. The van der Waals surface area contributed by atoms with Crippen molar-refractivity contribution < 1.29 is 4.42 Å². The number of hydrogen-bond acceptors (Lipinski definition) is 5. The molecule has 3 heterocycles. The minimum absolute atomic E-state index is 0.418. The summed E-state index contributed by atoms with van der Waals surface area (Å²) < 4.78 is 8.27. The first-order valence-corrected chi connectivity index (χ1v) is 9.29. The number of hydrogen-bond donors (Lipinski definition) is 0. The summed E-state index contributed by atoms with van der Waals surface area (Å²) in [7, 11) is 6.14. The second-order valence-corrected chi connectivity index (χ2v) is 7.53. The molecule has 0 aliphatic carbocycles. The molecule has 6 heteroatoms. The first-order chi connectivity index (χ1) is 12.5. The van der Waals surface area contributed by atoms with E-state index in [1.807, 2.05) is 37.3 Å². The number of aryl methyl sites for hydroxylation is 1. The average Bonchev–Trinajstić information content (AvgIpc) is 3.21. The molecule has 0 atom stereocenters. The van der Waals surface area contributed by atoms with Gasteiger partial charge in [0.05, 0.1) is 11.9 Å². The molecule has 1 aliphatic rings. The van der Waals surface area contributed by atoms with Crippen molar-refractivity contribution >= 4 is 17.0 Å². The molecule has 0 unspecified atom stereocenters. The molecule has 26 heavy (non-hydrogen) atoms. The number of aromatic nitrogens is 3. The minimum Gasteiger partial charge on any atom is -0.440 e. The third kappa shape index (κ3) is 3.09. The summed E-state index contributed by atoms with van der Waals surface area (Å²) in [5.74, 6) is 2.32. The number of piperidine rings is 1. The van der Waals surface area contributed by atoms with E-state index in [2.05, 4.69) is 34.5 Å². The van der Waals surface area contributed by atoms with E-state index in [1.54, 1.807) is 0 Å². The van der Waals surface area contributed by atoms with Crippen LogP contribution in [-0.2, 0) is 13.6 Å². The summed E-state index contributed by atoms with van der Waals surface area (Å²) in [5, 5.41) is 0. The molecule has 3 aromatic rings. The Morgan fingerprint density at radius 2 is 2.00 bits per heavy atom. The van der Waals surface area contributed by atoms with Gasteiger partial charge < -0.3 is 13.9 Å². The van der Waals surface area contributed by atoms with Crippen molar-refractivity contribution in [2.24, 2.45) is 7.05 Å². The number of oxazole rings is 1. The summed E-state index contributed by atoms with van der Waals surface area (Å²) in [5.41, 5.74) is 4.33. The van der Waals surface area contributed by atoms with E-state index in [-0.39, 0.29) is 0 Å². The molecule has 0 spiro atoms. The Morgan fingerprint density at radius 1 is 1.23 bits per heavy atom. The Morgan fingerprint density at radius 3 is 2.65 bits per heavy atom. The standard InChI is InChI=1S/C20H27N5O/c1-14-6-5-7-17-18(14)26-19(22-17)15-8-10-25(11-9-15)13-16-12-21-20(23(2)3)24(16)4/h5-7,12,15H,8-11,13H2,1-4H3. The van der Waals surface area contributed by atoms with Crippen molar-refractivity contribution in [3.8, 4) is 0 Å². The zero-order valence-electron chi connectivity index (χ0n) is 16.1. The zero-order chi connectivity index (χ0) is 18.3.